The van der Waals surface area contributed by atoms with Gasteiger partial charge in [-0.1, -0.05) is 61.2 Å². The minimum atomic E-state index is 0.164. The lowest BCUT2D eigenvalue weighted by Crippen LogP contribution is -2.49. The van der Waals surface area contributed by atoms with Crippen molar-refractivity contribution in [3.05, 3.63) is 47.8 Å². The summed E-state index contributed by atoms with van der Waals surface area (Å²) in [6.07, 6.45) is 5.16. The van der Waals surface area contributed by atoms with Crippen LogP contribution in [0.3, 0.4) is 0 Å². The zero-order valence-electron chi connectivity index (χ0n) is 15.1. The number of nitrogens with one attached hydrogen (secondary N) is 1. The van der Waals surface area contributed by atoms with Crippen molar-refractivity contribution in [3.8, 4) is 0 Å². The second-order valence-corrected chi connectivity index (χ2v) is 7.14. The lowest BCUT2D eigenvalue weighted by molar-refractivity contribution is -0.130. The van der Waals surface area contributed by atoms with Crippen LogP contribution in [0.5, 0.6) is 0 Å². The quantitative estimate of drug-likeness (QED) is 0.757. The van der Waals surface area contributed by atoms with Crippen molar-refractivity contribution in [3.63, 3.8) is 0 Å². The van der Waals surface area contributed by atoms with E-state index in [0.29, 0.717) is 10.9 Å². The highest BCUT2D eigenvalue weighted by Gasteiger charge is 2.20. The van der Waals surface area contributed by atoms with Gasteiger partial charge in [-0.05, 0) is 5.56 Å². The molecule has 3 rings (SSSR count). The van der Waals surface area contributed by atoms with Crippen molar-refractivity contribution in [2.24, 2.45) is 0 Å². The molecule has 0 bridgehead atoms. The zero-order valence-corrected chi connectivity index (χ0v) is 15.9. The van der Waals surface area contributed by atoms with Crippen molar-refractivity contribution in [2.45, 2.75) is 18.5 Å². The number of carbonyl (C=O) groups excluding carboxylic acids is 1. The number of aromatic amines is 1. The van der Waals surface area contributed by atoms with Gasteiger partial charge < -0.3 is 4.90 Å². The molecule has 7 heteroatoms. The molecule has 1 fully saturated rings. The fourth-order valence-corrected chi connectivity index (χ4v) is 3.52. The number of amides is 1. The number of thioether (sulfide) groups is 1. The summed E-state index contributed by atoms with van der Waals surface area (Å²) in [5.74, 6) is 1.42. The van der Waals surface area contributed by atoms with Gasteiger partial charge in [0.1, 0.15) is 5.82 Å². The first-order valence-corrected chi connectivity index (χ1v) is 9.99. The topological polar surface area (TPSA) is 65.1 Å². The Kier molecular flexibility index (Phi) is 6.85. The Labute approximate surface area is 158 Å². The number of hydrogen-bond acceptors (Lipinski definition) is 5. The van der Waals surface area contributed by atoms with Crippen LogP contribution >= 0.6 is 11.8 Å². The number of piperazine rings is 1. The summed E-state index contributed by atoms with van der Waals surface area (Å²) in [5, 5.41) is 7.64. The summed E-state index contributed by atoms with van der Waals surface area (Å²) < 4.78 is 0. The molecule has 1 N–H and O–H groups in total. The average molecular weight is 372 g/mol. The average Bonchev–Trinajstić information content (AvgIpc) is 3.16. The summed E-state index contributed by atoms with van der Waals surface area (Å²) in [7, 11) is 0. The molecule has 0 radical (unpaired) electrons. The van der Waals surface area contributed by atoms with Crippen molar-refractivity contribution < 1.29 is 4.79 Å². The predicted octanol–water partition coefficient (Wildman–Crippen LogP) is 2.32. The first-order valence-electron chi connectivity index (χ1n) is 9.00. The normalized spacial score (nSPS) is 15.7. The van der Waals surface area contributed by atoms with E-state index >= 15 is 0 Å². The van der Waals surface area contributed by atoms with Gasteiger partial charge in [0.05, 0.1) is 5.75 Å². The van der Waals surface area contributed by atoms with E-state index in [1.807, 2.05) is 30.0 Å². The molecule has 26 heavy (non-hydrogen) atoms. The van der Waals surface area contributed by atoms with Gasteiger partial charge in [0.2, 0.25) is 11.1 Å². The van der Waals surface area contributed by atoms with Crippen LogP contribution in [0, 0.1) is 0 Å². The summed E-state index contributed by atoms with van der Waals surface area (Å²) in [6.45, 7) is 6.34. The molecule has 0 atom stereocenters. The van der Waals surface area contributed by atoms with Crippen LogP contribution in [0.25, 0.3) is 6.08 Å². The Morgan fingerprint density at radius 3 is 2.69 bits per heavy atom. The van der Waals surface area contributed by atoms with E-state index in [1.165, 1.54) is 17.3 Å². The van der Waals surface area contributed by atoms with E-state index in [1.54, 1.807) is 0 Å². The zero-order chi connectivity index (χ0) is 18.2. The minimum Gasteiger partial charge on any atom is -0.339 e. The van der Waals surface area contributed by atoms with Gasteiger partial charge in [-0.2, -0.15) is 0 Å². The third-order valence-electron chi connectivity index (χ3n) is 4.37. The van der Waals surface area contributed by atoms with Gasteiger partial charge in [0.25, 0.3) is 0 Å². The van der Waals surface area contributed by atoms with E-state index in [-0.39, 0.29) is 5.91 Å². The SMILES string of the molecule is CCc1nc(SCC(=O)N2CCN(C/C=C/c3ccccc3)CC2)n[nH]1. The van der Waals surface area contributed by atoms with Crippen LogP contribution in [0.1, 0.15) is 18.3 Å². The number of aryl methyl sites for hydroxylation is 1. The standard InChI is InChI=1S/C19H25N5OS/c1-2-17-20-19(22-21-17)26-15-18(25)24-13-11-23(12-14-24)10-6-9-16-7-4-3-5-8-16/h3-9H,2,10-15H2,1H3,(H,20,21,22)/b9-6+. The number of aromatic nitrogens is 3. The van der Waals surface area contributed by atoms with Crippen LogP contribution in [0.15, 0.2) is 41.6 Å². The van der Waals surface area contributed by atoms with Gasteiger partial charge >= 0.3 is 0 Å². The molecule has 0 saturated carbocycles. The molecule has 1 amide bonds. The van der Waals surface area contributed by atoms with E-state index in [0.717, 1.165) is 45.0 Å². The van der Waals surface area contributed by atoms with E-state index in [2.05, 4.69) is 44.4 Å². The van der Waals surface area contributed by atoms with Gasteiger partial charge in [0.15, 0.2) is 0 Å². The molecule has 1 aliphatic heterocycles. The molecule has 1 saturated heterocycles. The summed E-state index contributed by atoms with van der Waals surface area (Å²) in [6, 6.07) is 10.3. The molecule has 0 unspecified atom stereocenters. The second-order valence-electron chi connectivity index (χ2n) is 6.20. The highest BCUT2D eigenvalue weighted by atomic mass is 32.2. The number of hydrogen-bond donors (Lipinski definition) is 1. The summed E-state index contributed by atoms with van der Waals surface area (Å²) >= 11 is 1.40. The monoisotopic (exact) mass is 371 g/mol. The van der Waals surface area contributed by atoms with Gasteiger partial charge in [0, 0.05) is 39.1 Å². The van der Waals surface area contributed by atoms with Crippen molar-refractivity contribution in [2.75, 3.05) is 38.5 Å². The Balaban J connectivity index is 1.37. The highest BCUT2D eigenvalue weighted by Crippen LogP contribution is 2.14. The molecule has 2 heterocycles. The molecule has 2 aromatic rings. The maximum atomic E-state index is 12.4. The second kappa shape index (κ2) is 9.54. The summed E-state index contributed by atoms with van der Waals surface area (Å²) in [5.41, 5.74) is 1.22. The smallest absolute Gasteiger partial charge is 0.233 e. The van der Waals surface area contributed by atoms with E-state index in [9.17, 15) is 4.79 Å². The van der Waals surface area contributed by atoms with Crippen LogP contribution < -0.4 is 0 Å². The largest absolute Gasteiger partial charge is 0.339 e. The molecular weight excluding hydrogens is 346 g/mol. The molecule has 0 aliphatic carbocycles. The van der Waals surface area contributed by atoms with Gasteiger partial charge in [-0.3, -0.25) is 14.8 Å². The lowest BCUT2D eigenvalue weighted by Gasteiger charge is -2.34. The maximum absolute atomic E-state index is 12.4. The number of benzene rings is 1. The molecule has 1 aromatic heterocycles. The Hall–Kier alpha value is -2.12. The molecule has 1 aliphatic rings. The molecule has 1 aromatic carbocycles. The lowest BCUT2D eigenvalue weighted by atomic mass is 10.2. The van der Waals surface area contributed by atoms with E-state index in [4.69, 9.17) is 0 Å². The fraction of sp³-hybridized carbons (Fsp3) is 0.421. The number of H-pyrrole nitrogens is 1. The number of rotatable bonds is 7. The molecular formula is C19H25N5OS. The van der Waals surface area contributed by atoms with Crippen LogP contribution in [-0.4, -0.2) is 69.4 Å². The first-order chi connectivity index (χ1) is 12.7. The van der Waals surface area contributed by atoms with Crippen LogP contribution in [0.4, 0.5) is 0 Å². The van der Waals surface area contributed by atoms with Crippen molar-refractivity contribution in [1.29, 1.82) is 0 Å². The highest BCUT2D eigenvalue weighted by molar-refractivity contribution is 7.99. The maximum Gasteiger partial charge on any atom is 0.233 e. The number of nitrogens with zero attached hydrogens (tertiary/aromatic N) is 4. The Morgan fingerprint density at radius 2 is 2.00 bits per heavy atom. The van der Waals surface area contributed by atoms with Gasteiger partial charge in [-0.15, -0.1) is 5.10 Å². The Morgan fingerprint density at radius 1 is 1.23 bits per heavy atom. The fourth-order valence-electron chi connectivity index (χ4n) is 2.80. The first kappa shape index (κ1) is 18.7. The van der Waals surface area contributed by atoms with Crippen molar-refractivity contribution in [1.82, 2.24) is 25.0 Å². The summed E-state index contributed by atoms with van der Waals surface area (Å²) in [4.78, 5) is 21.0. The third kappa shape index (κ3) is 5.44. The minimum absolute atomic E-state index is 0.164. The molecule has 0 spiro atoms. The molecule has 6 nitrogen and oxygen atoms in total. The van der Waals surface area contributed by atoms with Crippen LogP contribution in [-0.2, 0) is 11.2 Å². The van der Waals surface area contributed by atoms with Gasteiger partial charge in [-0.25, -0.2) is 4.98 Å². The Bertz CT molecular complexity index is 723. The van der Waals surface area contributed by atoms with Crippen LogP contribution in [0.2, 0.25) is 0 Å². The predicted molar refractivity (Wildman–Crippen MR) is 105 cm³/mol. The third-order valence-corrected chi connectivity index (χ3v) is 5.20. The number of carbonyl (C=O) groups is 1. The van der Waals surface area contributed by atoms with E-state index < -0.39 is 0 Å². The van der Waals surface area contributed by atoms with Crippen molar-refractivity contribution >= 4 is 23.7 Å². The molecule has 138 valence electrons.